The second kappa shape index (κ2) is 7.13. The lowest BCUT2D eigenvalue weighted by atomic mass is 9.70. The SMILES string of the molecule is C=C(C)C(=O)C1(C(=O)C(=C)C)C=CC(N=Nc2ccccc2)=CC1. The molecule has 0 saturated heterocycles. The standard InChI is InChI=1S/C20H20N2O2/c1-14(2)18(23)20(19(24)15(3)4)12-10-17(11-13-20)22-21-16-8-6-5-7-9-16/h5-12H,1,3,13H2,2,4H3. The average Bonchev–Trinajstić information content (AvgIpc) is 2.59. The fourth-order valence-electron chi connectivity index (χ4n) is 2.52. The van der Waals surface area contributed by atoms with Gasteiger partial charge in [-0.05, 0) is 49.6 Å². The summed E-state index contributed by atoms with van der Waals surface area (Å²) < 4.78 is 0. The van der Waals surface area contributed by atoms with Crippen LogP contribution in [-0.2, 0) is 9.59 Å². The van der Waals surface area contributed by atoms with Crippen LogP contribution in [0, 0.1) is 5.41 Å². The molecule has 0 radical (unpaired) electrons. The topological polar surface area (TPSA) is 58.9 Å². The van der Waals surface area contributed by atoms with E-state index in [1.54, 1.807) is 32.1 Å². The zero-order valence-electron chi connectivity index (χ0n) is 14.0. The molecular formula is C20H20N2O2. The summed E-state index contributed by atoms with van der Waals surface area (Å²) in [5.41, 5.74) is 0.774. The first-order chi connectivity index (χ1) is 11.4. The summed E-state index contributed by atoms with van der Waals surface area (Å²) in [5.74, 6) is -0.580. The van der Waals surface area contributed by atoms with Gasteiger partial charge in [0, 0.05) is 0 Å². The third-order valence-corrected chi connectivity index (χ3v) is 3.79. The van der Waals surface area contributed by atoms with E-state index in [1.165, 1.54) is 0 Å². The molecule has 0 aliphatic heterocycles. The molecule has 4 heteroatoms. The molecule has 0 spiro atoms. The highest BCUT2D eigenvalue weighted by Gasteiger charge is 2.43. The van der Waals surface area contributed by atoms with Crippen molar-refractivity contribution in [1.29, 1.82) is 0 Å². The largest absolute Gasteiger partial charge is 0.293 e. The second-order valence-electron chi connectivity index (χ2n) is 5.89. The number of carbonyl (C=O) groups excluding carboxylic acids is 2. The highest BCUT2D eigenvalue weighted by molar-refractivity contribution is 6.20. The van der Waals surface area contributed by atoms with Gasteiger partial charge in [-0.25, -0.2) is 0 Å². The predicted octanol–water partition coefficient (Wildman–Crippen LogP) is 4.89. The molecule has 122 valence electrons. The Morgan fingerprint density at radius 3 is 2.04 bits per heavy atom. The van der Waals surface area contributed by atoms with Crippen LogP contribution < -0.4 is 0 Å². The highest BCUT2D eigenvalue weighted by Crippen LogP contribution is 2.36. The van der Waals surface area contributed by atoms with Crippen LogP contribution in [0.1, 0.15) is 20.3 Å². The molecule has 1 aromatic rings. The van der Waals surface area contributed by atoms with Crippen LogP contribution in [0.3, 0.4) is 0 Å². The predicted molar refractivity (Wildman–Crippen MR) is 94.9 cm³/mol. The molecular weight excluding hydrogens is 300 g/mol. The van der Waals surface area contributed by atoms with Crippen LogP contribution >= 0.6 is 0 Å². The van der Waals surface area contributed by atoms with E-state index in [4.69, 9.17) is 0 Å². The zero-order valence-corrected chi connectivity index (χ0v) is 14.0. The maximum absolute atomic E-state index is 12.6. The minimum Gasteiger partial charge on any atom is -0.293 e. The van der Waals surface area contributed by atoms with Gasteiger partial charge in [-0.3, -0.25) is 9.59 Å². The minimum atomic E-state index is -1.26. The molecule has 24 heavy (non-hydrogen) atoms. The molecule has 0 saturated carbocycles. The van der Waals surface area contributed by atoms with Crippen LogP contribution in [-0.4, -0.2) is 11.6 Å². The van der Waals surface area contributed by atoms with Crippen LogP contribution in [0.4, 0.5) is 5.69 Å². The number of hydrogen-bond acceptors (Lipinski definition) is 4. The number of benzene rings is 1. The number of carbonyl (C=O) groups is 2. The van der Waals surface area contributed by atoms with Crippen molar-refractivity contribution in [1.82, 2.24) is 0 Å². The van der Waals surface area contributed by atoms with Crippen LogP contribution in [0.5, 0.6) is 0 Å². The molecule has 1 aliphatic carbocycles. The van der Waals surface area contributed by atoms with Gasteiger partial charge >= 0.3 is 0 Å². The normalized spacial score (nSPS) is 15.8. The van der Waals surface area contributed by atoms with Gasteiger partial charge in [0.05, 0.1) is 11.4 Å². The van der Waals surface area contributed by atoms with Crippen molar-refractivity contribution < 1.29 is 9.59 Å². The quantitative estimate of drug-likeness (QED) is 0.425. The maximum Gasteiger partial charge on any atom is 0.176 e. The number of ketones is 2. The third kappa shape index (κ3) is 3.54. The van der Waals surface area contributed by atoms with Gasteiger partial charge in [0.25, 0.3) is 0 Å². The summed E-state index contributed by atoms with van der Waals surface area (Å²) in [4.78, 5) is 25.1. The van der Waals surface area contributed by atoms with E-state index >= 15 is 0 Å². The Balaban J connectivity index is 2.27. The Hall–Kier alpha value is -2.88. The van der Waals surface area contributed by atoms with E-state index in [2.05, 4.69) is 23.4 Å². The van der Waals surface area contributed by atoms with Crippen molar-refractivity contribution in [2.45, 2.75) is 20.3 Å². The smallest absolute Gasteiger partial charge is 0.176 e. The Morgan fingerprint density at radius 2 is 1.58 bits per heavy atom. The summed E-state index contributed by atoms with van der Waals surface area (Å²) in [6, 6.07) is 9.34. The zero-order chi connectivity index (χ0) is 17.7. The first kappa shape index (κ1) is 17.5. The monoisotopic (exact) mass is 320 g/mol. The minimum absolute atomic E-state index is 0.226. The number of allylic oxidation sites excluding steroid dienone is 5. The molecule has 1 aromatic carbocycles. The molecule has 0 unspecified atom stereocenters. The first-order valence-electron chi connectivity index (χ1n) is 7.63. The first-order valence-corrected chi connectivity index (χ1v) is 7.63. The van der Waals surface area contributed by atoms with Crippen molar-refractivity contribution >= 4 is 17.3 Å². The Morgan fingerprint density at radius 1 is 1.00 bits per heavy atom. The van der Waals surface area contributed by atoms with Gasteiger partial charge in [0.1, 0.15) is 5.41 Å². The fraction of sp³-hybridized carbons (Fsp3) is 0.200. The molecule has 0 N–H and O–H groups in total. The van der Waals surface area contributed by atoms with Crippen molar-refractivity contribution in [2.75, 3.05) is 0 Å². The molecule has 4 nitrogen and oxygen atoms in total. The molecule has 2 rings (SSSR count). The number of Topliss-reactive ketones (excluding diaryl/α,β-unsaturated/α-hetero) is 2. The molecule has 0 atom stereocenters. The van der Waals surface area contributed by atoms with E-state index < -0.39 is 5.41 Å². The number of hydrogen-bond donors (Lipinski definition) is 0. The molecule has 0 amide bonds. The van der Waals surface area contributed by atoms with Gasteiger partial charge < -0.3 is 0 Å². The van der Waals surface area contributed by atoms with Gasteiger partial charge in [-0.15, -0.1) is 0 Å². The number of azo groups is 1. The van der Waals surface area contributed by atoms with E-state index in [0.717, 1.165) is 5.69 Å². The summed E-state index contributed by atoms with van der Waals surface area (Å²) in [5, 5.41) is 8.30. The van der Waals surface area contributed by atoms with Gasteiger partial charge in [-0.1, -0.05) is 43.5 Å². The van der Waals surface area contributed by atoms with Crippen molar-refractivity contribution in [3.63, 3.8) is 0 Å². The molecule has 0 fully saturated rings. The Kier molecular flexibility index (Phi) is 5.19. The lowest BCUT2D eigenvalue weighted by molar-refractivity contribution is -0.133. The van der Waals surface area contributed by atoms with E-state index in [-0.39, 0.29) is 18.0 Å². The maximum atomic E-state index is 12.6. The molecule has 0 aromatic heterocycles. The van der Waals surface area contributed by atoms with E-state index in [9.17, 15) is 9.59 Å². The molecule has 0 bridgehead atoms. The third-order valence-electron chi connectivity index (χ3n) is 3.79. The average molecular weight is 320 g/mol. The highest BCUT2D eigenvalue weighted by atomic mass is 16.2. The van der Waals surface area contributed by atoms with Crippen LogP contribution in [0.15, 0.2) is 88.8 Å². The van der Waals surface area contributed by atoms with Gasteiger partial charge in [0.15, 0.2) is 11.6 Å². The van der Waals surface area contributed by atoms with Crippen LogP contribution in [0.2, 0.25) is 0 Å². The fourth-order valence-corrected chi connectivity index (χ4v) is 2.52. The number of nitrogens with zero attached hydrogens (tertiary/aromatic N) is 2. The van der Waals surface area contributed by atoms with E-state index in [0.29, 0.717) is 16.8 Å². The summed E-state index contributed by atoms with van der Waals surface area (Å²) >= 11 is 0. The van der Waals surface area contributed by atoms with Crippen LogP contribution in [0.25, 0.3) is 0 Å². The van der Waals surface area contributed by atoms with Crippen molar-refractivity contribution in [2.24, 2.45) is 15.6 Å². The Bertz CT molecular complexity index is 757. The molecule has 1 aliphatic rings. The lowest BCUT2D eigenvalue weighted by Gasteiger charge is -2.29. The summed E-state index contributed by atoms with van der Waals surface area (Å²) in [7, 11) is 0. The summed E-state index contributed by atoms with van der Waals surface area (Å²) in [6.45, 7) is 10.6. The van der Waals surface area contributed by atoms with Crippen molar-refractivity contribution in [3.8, 4) is 0 Å². The van der Waals surface area contributed by atoms with E-state index in [1.807, 2.05) is 30.3 Å². The second-order valence-corrected chi connectivity index (χ2v) is 5.89. The lowest BCUT2D eigenvalue weighted by Crippen LogP contribution is -2.39. The summed E-state index contributed by atoms with van der Waals surface area (Å²) in [6.07, 6.45) is 5.22. The van der Waals surface area contributed by atoms with Gasteiger partial charge in [-0.2, -0.15) is 10.2 Å². The van der Waals surface area contributed by atoms with Crippen molar-refractivity contribution in [3.05, 3.63) is 78.6 Å². The number of rotatable bonds is 6. The van der Waals surface area contributed by atoms with Gasteiger partial charge in [0.2, 0.25) is 0 Å². The Labute approximate surface area is 142 Å². The molecule has 0 heterocycles.